The summed E-state index contributed by atoms with van der Waals surface area (Å²) < 4.78 is 6.95. The Labute approximate surface area is 91.5 Å². The van der Waals surface area contributed by atoms with Crippen LogP contribution in [0.5, 0.6) is 0 Å². The Morgan fingerprint density at radius 2 is 2.44 bits per heavy atom. The number of ether oxygens (including phenoxy) is 1. The largest absolute Gasteiger partial charge is 0.394 e. The summed E-state index contributed by atoms with van der Waals surface area (Å²) in [6, 6.07) is 1.28. The molecule has 2 heterocycles. The van der Waals surface area contributed by atoms with Crippen LogP contribution in [0.4, 0.5) is 0 Å². The van der Waals surface area contributed by atoms with Gasteiger partial charge in [-0.3, -0.25) is 14.3 Å². The van der Waals surface area contributed by atoms with Crippen LogP contribution in [0.1, 0.15) is 19.8 Å². The fourth-order valence-electron chi connectivity index (χ4n) is 2.00. The van der Waals surface area contributed by atoms with Crippen molar-refractivity contribution in [2.75, 3.05) is 6.61 Å². The van der Waals surface area contributed by atoms with Gasteiger partial charge >= 0.3 is 5.69 Å². The molecule has 1 aromatic heterocycles. The molecule has 1 aliphatic rings. The minimum absolute atomic E-state index is 0.0618. The maximum absolute atomic E-state index is 11.6. The Morgan fingerprint density at radius 1 is 1.69 bits per heavy atom. The summed E-state index contributed by atoms with van der Waals surface area (Å²) in [5.74, 6) is 0. The lowest BCUT2D eigenvalue weighted by atomic mass is 10.1. The van der Waals surface area contributed by atoms with Gasteiger partial charge in [0, 0.05) is 12.3 Å². The van der Waals surface area contributed by atoms with Crippen molar-refractivity contribution in [2.24, 2.45) is 0 Å². The van der Waals surface area contributed by atoms with Gasteiger partial charge in [-0.05, 0) is 19.8 Å². The van der Waals surface area contributed by atoms with Gasteiger partial charge in [-0.15, -0.1) is 0 Å². The summed E-state index contributed by atoms with van der Waals surface area (Å²) in [6.07, 6.45) is 2.49. The summed E-state index contributed by atoms with van der Waals surface area (Å²) in [4.78, 5) is 24.7. The van der Waals surface area contributed by atoms with E-state index in [0.717, 1.165) is 0 Å². The third kappa shape index (κ3) is 1.81. The molecule has 1 aromatic rings. The van der Waals surface area contributed by atoms with Crippen molar-refractivity contribution in [3.8, 4) is 0 Å². The zero-order valence-corrected chi connectivity index (χ0v) is 8.97. The molecule has 0 spiro atoms. The van der Waals surface area contributed by atoms with Crippen molar-refractivity contribution in [1.29, 1.82) is 0 Å². The Bertz CT molecular complexity index is 492. The van der Waals surface area contributed by atoms with E-state index in [1.54, 1.807) is 6.92 Å². The van der Waals surface area contributed by atoms with Crippen molar-refractivity contribution < 1.29 is 9.84 Å². The van der Waals surface area contributed by atoms with Gasteiger partial charge in [0.15, 0.2) is 0 Å². The molecule has 0 saturated carbocycles. The molecular weight excluding hydrogens is 212 g/mol. The molecule has 2 N–H and O–H groups in total. The fourth-order valence-corrected chi connectivity index (χ4v) is 2.00. The van der Waals surface area contributed by atoms with Crippen LogP contribution in [-0.4, -0.2) is 27.4 Å². The van der Waals surface area contributed by atoms with E-state index in [1.807, 2.05) is 0 Å². The summed E-state index contributed by atoms with van der Waals surface area (Å²) in [5.41, 5.74) is -1.70. The molecule has 1 fully saturated rings. The number of H-pyrrole nitrogens is 1. The highest BCUT2D eigenvalue weighted by Crippen LogP contribution is 2.32. The second-order valence-corrected chi connectivity index (χ2v) is 4.12. The van der Waals surface area contributed by atoms with E-state index < -0.39 is 17.0 Å². The van der Waals surface area contributed by atoms with E-state index in [4.69, 9.17) is 9.84 Å². The first kappa shape index (κ1) is 11.1. The lowest BCUT2D eigenvalue weighted by molar-refractivity contribution is -0.100. The Morgan fingerprint density at radius 3 is 3.00 bits per heavy atom. The third-order valence-corrected chi connectivity index (χ3v) is 2.89. The van der Waals surface area contributed by atoms with Crippen LogP contribution >= 0.6 is 0 Å². The highest BCUT2D eigenvalue weighted by molar-refractivity contribution is 4.90. The number of aromatic nitrogens is 2. The van der Waals surface area contributed by atoms with Gasteiger partial charge < -0.3 is 9.84 Å². The van der Waals surface area contributed by atoms with Crippen molar-refractivity contribution >= 4 is 0 Å². The Hall–Kier alpha value is -1.40. The highest BCUT2D eigenvalue weighted by atomic mass is 16.5. The van der Waals surface area contributed by atoms with Crippen LogP contribution in [0, 0.1) is 0 Å². The summed E-state index contributed by atoms with van der Waals surface area (Å²) in [6.45, 7) is 1.70. The van der Waals surface area contributed by atoms with Gasteiger partial charge in [-0.25, -0.2) is 4.79 Å². The molecule has 16 heavy (non-hydrogen) atoms. The van der Waals surface area contributed by atoms with E-state index in [-0.39, 0.29) is 12.7 Å². The van der Waals surface area contributed by atoms with Crippen molar-refractivity contribution in [1.82, 2.24) is 9.55 Å². The number of hydrogen-bond donors (Lipinski definition) is 2. The summed E-state index contributed by atoms with van der Waals surface area (Å²) in [5, 5.41) is 8.99. The number of aromatic amines is 1. The first-order chi connectivity index (χ1) is 7.55. The van der Waals surface area contributed by atoms with Crippen molar-refractivity contribution in [3.63, 3.8) is 0 Å². The van der Waals surface area contributed by atoms with Crippen molar-refractivity contribution in [2.45, 2.75) is 31.6 Å². The average molecular weight is 226 g/mol. The average Bonchev–Trinajstić information content (AvgIpc) is 2.61. The molecule has 2 unspecified atom stereocenters. The molecule has 6 heteroatoms. The zero-order valence-electron chi connectivity index (χ0n) is 8.97. The number of nitrogens with one attached hydrogen (secondary N) is 1. The normalized spacial score (nSPS) is 29.5. The molecule has 0 amide bonds. The number of hydrogen-bond acceptors (Lipinski definition) is 4. The Kier molecular flexibility index (Phi) is 2.69. The quantitative estimate of drug-likeness (QED) is 0.704. The zero-order chi connectivity index (χ0) is 11.8. The van der Waals surface area contributed by atoms with Gasteiger partial charge in [0.2, 0.25) is 0 Å². The molecule has 88 valence electrons. The molecule has 0 bridgehead atoms. The van der Waals surface area contributed by atoms with Gasteiger partial charge in [0.1, 0.15) is 5.72 Å². The molecule has 1 saturated heterocycles. The minimum Gasteiger partial charge on any atom is -0.394 e. The number of aliphatic hydroxyl groups excluding tert-OH is 1. The van der Waals surface area contributed by atoms with E-state index >= 15 is 0 Å². The minimum atomic E-state index is -0.783. The van der Waals surface area contributed by atoms with E-state index in [0.29, 0.717) is 12.8 Å². The lowest BCUT2D eigenvalue weighted by Crippen LogP contribution is -2.42. The van der Waals surface area contributed by atoms with Crippen LogP contribution in [-0.2, 0) is 10.5 Å². The second kappa shape index (κ2) is 3.88. The molecular formula is C10H14N2O4. The van der Waals surface area contributed by atoms with Gasteiger partial charge in [-0.1, -0.05) is 0 Å². The molecule has 2 atom stereocenters. The molecule has 2 rings (SSSR count). The predicted octanol–water partition coefficient (Wildman–Crippen LogP) is -0.619. The van der Waals surface area contributed by atoms with Gasteiger partial charge in [0.05, 0.1) is 12.7 Å². The van der Waals surface area contributed by atoms with E-state index in [2.05, 4.69) is 4.98 Å². The number of rotatable bonds is 2. The third-order valence-electron chi connectivity index (χ3n) is 2.89. The van der Waals surface area contributed by atoms with E-state index in [9.17, 15) is 9.59 Å². The Balaban J connectivity index is 2.37. The SMILES string of the molecule is CC1(n2ccc(=O)[nH]c2=O)CCC(CO)O1. The fraction of sp³-hybridized carbons (Fsp3) is 0.600. The number of nitrogens with zero attached hydrogens (tertiary/aromatic N) is 1. The maximum atomic E-state index is 11.6. The van der Waals surface area contributed by atoms with Crippen LogP contribution in [0.15, 0.2) is 21.9 Å². The van der Waals surface area contributed by atoms with Crippen LogP contribution in [0.3, 0.4) is 0 Å². The topological polar surface area (TPSA) is 84.3 Å². The van der Waals surface area contributed by atoms with E-state index in [1.165, 1.54) is 16.8 Å². The molecule has 0 aromatic carbocycles. The predicted molar refractivity (Wildman–Crippen MR) is 56.2 cm³/mol. The molecule has 6 nitrogen and oxygen atoms in total. The molecule has 0 radical (unpaired) electrons. The number of aliphatic hydroxyl groups is 1. The van der Waals surface area contributed by atoms with Crippen LogP contribution in [0.25, 0.3) is 0 Å². The lowest BCUT2D eigenvalue weighted by Gasteiger charge is -2.26. The summed E-state index contributed by atoms with van der Waals surface area (Å²) >= 11 is 0. The monoisotopic (exact) mass is 226 g/mol. The second-order valence-electron chi connectivity index (χ2n) is 4.12. The first-order valence-corrected chi connectivity index (χ1v) is 5.16. The van der Waals surface area contributed by atoms with Crippen LogP contribution < -0.4 is 11.2 Å². The highest BCUT2D eigenvalue weighted by Gasteiger charge is 2.37. The molecule has 1 aliphatic heterocycles. The summed E-state index contributed by atoms with van der Waals surface area (Å²) in [7, 11) is 0. The van der Waals surface area contributed by atoms with Gasteiger partial charge in [-0.2, -0.15) is 0 Å². The standard InChI is InChI=1S/C10H14N2O4/c1-10(4-2-7(6-13)16-10)12-5-3-8(14)11-9(12)15/h3,5,7,13H,2,4,6H2,1H3,(H,11,14,15). The maximum Gasteiger partial charge on any atom is 0.330 e. The van der Waals surface area contributed by atoms with Crippen molar-refractivity contribution in [3.05, 3.63) is 33.1 Å². The van der Waals surface area contributed by atoms with Gasteiger partial charge in [0.25, 0.3) is 5.56 Å². The smallest absolute Gasteiger partial charge is 0.330 e. The first-order valence-electron chi connectivity index (χ1n) is 5.16. The molecule has 0 aliphatic carbocycles. The van der Waals surface area contributed by atoms with Crippen LogP contribution in [0.2, 0.25) is 0 Å².